The van der Waals surface area contributed by atoms with Gasteiger partial charge in [-0.2, -0.15) is 0 Å². The second kappa shape index (κ2) is 10.3. The maximum absolute atomic E-state index is 14.4. The third-order valence-electron chi connectivity index (χ3n) is 7.62. The Kier molecular flexibility index (Phi) is 7.38. The highest BCUT2D eigenvalue weighted by Gasteiger charge is 2.38. The van der Waals surface area contributed by atoms with Crippen LogP contribution in [0.2, 0.25) is 0 Å². The van der Waals surface area contributed by atoms with E-state index in [1.54, 1.807) is 0 Å². The second-order valence-electron chi connectivity index (χ2n) is 9.95. The van der Waals surface area contributed by atoms with Crippen molar-refractivity contribution in [3.05, 3.63) is 48.0 Å². The molecule has 0 bridgehead atoms. The van der Waals surface area contributed by atoms with Gasteiger partial charge in [0.1, 0.15) is 17.7 Å². The highest BCUT2D eigenvalue weighted by molar-refractivity contribution is 5.69. The van der Waals surface area contributed by atoms with Gasteiger partial charge < -0.3 is 24.4 Å². The molecule has 2 aliphatic rings. The van der Waals surface area contributed by atoms with Crippen LogP contribution in [0.5, 0.6) is 11.5 Å². The van der Waals surface area contributed by atoms with Gasteiger partial charge in [0.05, 0.1) is 19.2 Å². The van der Waals surface area contributed by atoms with E-state index in [4.69, 9.17) is 9.47 Å². The topological polar surface area (TPSA) is 62.2 Å². The molecule has 2 aromatic rings. The summed E-state index contributed by atoms with van der Waals surface area (Å²) in [6.07, 6.45) is 0.790. The summed E-state index contributed by atoms with van der Waals surface area (Å²) in [7, 11) is 1.37. The van der Waals surface area contributed by atoms with Gasteiger partial charge in [0.15, 0.2) is 11.6 Å². The van der Waals surface area contributed by atoms with Gasteiger partial charge in [-0.15, -0.1) is 0 Å². The molecule has 4 rings (SSSR count). The number of anilines is 2. The zero-order chi connectivity index (χ0) is 25.3. The third kappa shape index (κ3) is 5.31. The van der Waals surface area contributed by atoms with Crippen molar-refractivity contribution in [1.29, 1.82) is 0 Å². The number of halogens is 2. The monoisotopic (exact) mass is 488 g/mol. The Balaban J connectivity index is 1.40. The lowest BCUT2D eigenvalue weighted by atomic mass is 9.92. The number of carboxylic acids is 1. The fraction of sp³-hybridized carbons (Fsp3) is 0.519. The van der Waals surface area contributed by atoms with Crippen LogP contribution in [-0.2, 0) is 4.79 Å². The average molecular weight is 489 g/mol. The normalized spacial score (nSPS) is 26.6. The van der Waals surface area contributed by atoms with E-state index in [1.165, 1.54) is 13.2 Å². The molecule has 0 aromatic heterocycles. The molecular formula is C27H34F2N2O4. The zero-order valence-corrected chi connectivity index (χ0v) is 20.7. The summed E-state index contributed by atoms with van der Waals surface area (Å²) in [5.41, 5.74) is 1.34. The van der Waals surface area contributed by atoms with Crippen LogP contribution in [0.25, 0.3) is 0 Å². The zero-order valence-electron chi connectivity index (χ0n) is 20.7. The van der Waals surface area contributed by atoms with Gasteiger partial charge >= 0.3 is 5.97 Å². The van der Waals surface area contributed by atoms with Crippen LogP contribution < -0.4 is 19.3 Å². The molecule has 2 saturated heterocycles. The van der Waals surface area contributed by atoms with E-state index >= 15 is 0 Å². The lowest BCUT2D eigenvalue weighted by Gasteiger charge is -2.38. The van der Waals surface area contributed by atoms with E-state index in [0.29, 0.717) is 37.0 Å². The Hall–Kier alpha value is -3.03. The molecule has 2 unspecified atom stereocenters. The Bertz CT molecular complexity index is 1050. The predicted molar refractivity (Wildman–Crippen MR) is 131 cm³/mol. The van der Waals surface area contributed by atoms with Crippen LogP contribution in [0.15, 0.2) is 36.4 Å². The third-order valence-corrected chi connectivity index (χ3v) is 7.62. The van der Waals surface area contributed by atoms with Gasteiger partial charge in [-0.3, -0.25) is 4.79 Å². The van der Waals surface area contributed by atoms with Gasteiger partial charge in [0.25, 0.3) is 0 Å². The van der Waals surface area contributed by atoms with Crippen molar-refractivity contribution in [2.45, 2.75) is 45.8 Å². The largest absolute Gasteiger partial charge is 0.494 e. The minimum Gasteiger partial charge on any atom is -0.494 e. The Morgan fingerprint density at radius 1 is 1.06 bits per heavy atom. The van der Waals surface area contributed by atoms with Crippen molar-refractivity contribution in [3.8, 4) is 11.5 Å². The molecule has 0 radical (unpaired) electrons. The minimum atomic E-state index is -0.778. The van der Waals surface area contributed by atoms with Crippen molar-refractivity contribution in [2.24, 2.45) is 17.8 Å². The Morgan fingerprint density at radius 3 is 2.40 bits per heavy atom. The number of aliphatic carboxylic acids is 1. The maximum atomic E-state index is 14.4. The lowest BCUT2D eigenvalue weighted by molar-refractivity contribution is -0.137. The summed E-state index contributed by atoms with van der Waals surface area (Å²) in [6.45, 7) is 8.34. The van der Waals surface area contributed by atoms with Gasteiger partial charge in [0, 0.05) is 55.8 Å². The Labute approximate surface area is 205 Å². The molecule has 2 aliphatic heterocycles. The number of ether oxygens (including phenoxy) is 2. The van der Waals surface area contributed by atoms with Crippen LogP contribution in [0, 0.1) is 29.4 Å². The van der Waals surface area contributed by atoms with E-state index < -0.39 is 17.6 Å². The van der Waals surface area contributed by atoms with Crippen LogP contribution in [0.4, 0.5) is 20.2 Å². The van der Waals surface area contributed by atoms with Gasteiger partial charge in [-0.25, -0.2) is 8.78 Å². The molecule has 2 aromatic carbocycles. The number of piperidine rings is 1. The fourth-order valence-corrected chi connectivity index (χ4v) is 5.37. The summed E-state index contributed by atoms with van der Waals surface area (Å²) in [4.78, 5) is 15.5. The molecule has 0 aliphatic carbocycles. The summed E-state index contributed by atoms with van der Waals surface area (Å²) in [5.74, 6) is -0.457. The van der Waals surface area contributed by atoms with Crippen LogP contribution in [-0.4, -0.2) is 50.0 Å². The first-order valence-corrected chi connectivity index (χ1v) is 12.2. The van der Waals surface area contributed by atoms with Gasteiger partial charge in [-0.05, 0) is 36.1 Å². The van der Waals surface area contributed by atoms with Crippen LogP contribution in [0.3, 0.4) is 0 Å². The van der Waals surface area contributed by atoms with Crippen molar-refractivity contribution < 1.29 is 28.2 Å². The summed E-state index contributed by atoms with van der Waals surface area (Å²) in [5, 5.41) is 9.34. The number of benzene rings is 2. The molecule has 5 atom stereocenters. The summed E-state index contributed by atoms with van der Waals surface area (Å²) >= 11 is 0. The Morgan fingerprint density at radius 2 is 1.77 bits per heavy atom. The first kappa shape index (κ1) is 25.1. The number of hydrogen-bond acceptors (Lipinski definition) is 5. The highest BCUT2D eigenvalue weighted by atomic mass is 19.1. The van der Waals surface area contributed by atoms with E-state index in [9.17, 15) is 18.7 Å². The lowest BCUT2D eigenvalue weighted by Crippen LogP contribution is -2.44. The number of rotatable bonds is 7. The number of carbonyl (C=O) groups is 1. The predicted octanol–water partition coefficient (Wildman–Crippen LogP) is 5.20. The number of nitrogens with zero attached hydrogens (tertiary/aromatic N) is 2. The minimum absolute atomic E-state index is 0.0240. The SMILES string of the molecule is COc1cc(N2CCC(Oc3ccc(N4C[C@H](C)[C@@H](C)[C@@H]4CC(=O)O)cc3)C(C)C2)c(F)cc1F. The highest BCUT2D eigenvalue weighted by Crippen LogP contribution is 2.37. The van der Waals surface area contributed by atoms with Crippen molar-refractivity contribution in [1.82, 2.24) is 0 Å². The molecule has 0 saturated carbocycles. The van der Waals surface area contributed by atoms with E-state index in [1.807, 2.05) is 29.2 Å². The molecule has 1 N–H and O–H groups in total. The average Bonchev–Trinajstić information content (AvgIpc) is 3.09. The fourth-order valence-electron chi connectivity index (χ4n) is 5.37. The molecule has 35 heavy (non-hydrogen) atoms. The molecule has 2 heterocycles. The first-order chi connectivity index (χ1) is 16.7. The molecule has 6 nitrogen and oxygen atoms in total. The molecular weight excluding hydrogens is 454 g/mol. The maximum Gasteiger partial charge on any atom is 0.305 e. The van der Waals surface area contributed by atoms with Crippen molar-refractivity contribution >= 4 is 17.3 Å². The molecule has 0 amide bonds. The summed E-state index contributed by atoms with van der Waals surface area (Å²) in [6, 6.07) is 10.1. The van der Waals surface area contributed by atoms with Crippen LogP contribution >= 0.6 is 0 Å². The standard InChI is InChI=1S/C27H34F2N2O4/c1-16-15-31(23(18(16)3)13-27(32)33)19-5-7-20(8-6-19)35-25-9-10-30(14-17(25)2)24-12-26(34-4)22(29)11-21(24)28/h5-8,11-12,16-18,23,25H,9-10,13-15H2,1-4H3,(H,32,33)/t16-,17?,18+,23-,25?/m0/s1. The van der Waals surface area contributed by atoms with Crippen LogP contribution in [0.1, 0.15) is 33.6 Å². The number of carboxylic acid groups (broad SMARTS) is 1. The number of methoxy groups -OCH3 is 1. The van der Waals surface area contributed by atoms with E-state index in [2.05, 4.69) is 25.7 Å². The quantitative estimate of drug-likeness (QED) is 0.578. The van der Waals surface area contributed by atoms with Gasteiger partial charge in [0.2, 0.25) is 0 Å². The van der Waals surface area contributed by atoms with E-state index in [0.717, 1.165) is 24.0 Å². The van der Waals surface area contributed by atoms with Gasteiger partial charge in [-0.1, -0.05) is 20.8 Å². The second-order valence-corrected chi connectivity index (χ2v) is 9.95. The summed E-state index contributed by atoms with van der Waals surface area (Å²) < 4.78 is 39.5. The molecule has 190 valence electrons. The smallest absolute Gasteiger partial charge is 0.305 e. The molecule has 0 spiro atoms. The van der Waals surface area contributed by atoms with Crippen molar-refractivity contribution in [3.63, 3.8) is 0 Å². The molecule has 8 heteroatoms. The van der Waals surface area contributed by atoms with Crippen molar-refractivity contribution in [2.75, 3.05) is 36.5 Å². The first-order valence-electron chi connectivity index (χ1n) is 12.2. The molecule has 2 fully saturated rings. The number of hydrogen-bond donors (Lipinski definition) is 1. The van der Waals surface area contributed by atoms with E-state index in [-0.39, 0.29) is 30.2 Å².